The highest BCUT2D eigenvalue weighted by molar-refractivity contribution is 14.1. The average molecular weight is 368 g/mol. The molecule has 2 heterocycles. The maximum absolute atomic E-state index is 5.87. The molecule has 19 heavy (non-hydrogen) atoms. The Kier molecular flexibility index (Phi) is 3.03. The lowest BCUT2D eigenvalue weighted by Gasteiger charge is -2.23. The smallest absolute Gasteiger partial charge is 0.150 e. The zero-order chi connectivity index (χ0) is 12.8. The zero-order valence-electron chi connectivity index (χ0n) is 10.8. The van der Waals surface area contributed by atoms with Gasteiger partial charge >= 0.3 is 0 Å². The first-order valence-electron chi connectivity index (χ1n) is 7.12. The molecule has 2 aromatic rings. The van der Waals surface area contributed by atoms with E-state index in [4.69, 9.17) is 9.84 Å². The molecular formula is C15H17IN2O. The first kappa shape index (κ1) is 12.1. The molecule has 1 aromatic carbocycles. The molecule has 1 aliphatic heterocycles. The topological polar surface area (TPSA) is 27.1 Å². The van der Waals surface area contributed by atoms with Crippen LogP contribution in [0.3, 0.4) is 0 Å². The summed E-state index contributed by atoms with van der Waals surface area (Å²) < 4.78 is 9.06. The van der Waals surface area contributed by atoms with E-state index < -0.39 is 0 Å². The largest absolute Gasteiger partial charge is 0.356 e. The third kappa shape index (κ3) is 2.18. The highest BCUT2D eigenvalue weighted by Crippen LogP contribution is 2.41. The third-order valence-electron chi connectivity index (χ3n) is 4.16. The summed E-state index contributed by atoms with van der Waals surface area (Å²) >= 11 is 2.35. The molecule has 1 saturated heterocycles. The van der Waals surface area contributed by atoms with Crippen LogP contribution in [-0.4, -0.2) is 16.4 Å². The molecule has 1 saturated carbocycles. The summed E-state index contributed by atoms with van der Waals surface area (Å²) in [4.78, 5) is 0. The van der Waals surface area contributed by atoms with Gasteiger partial charge in [-0.25, -0.2) is 4.68 Å². The number of benzene rings is 1. The minimum absolute atomic E-state index is 0.131. The number of aromatic nitrogens is 2. The molecule has 1 aromatic heterocycles. The van der Waals surface area contributed by atoms with Gasteiger partial charge in [-0.3, -0.25) is 0 Å². The van der Waals surface area contributed by atoms with Crippen molar-refractivity contribution in [1.29, 1.82) is 0 Å². The lowest BCUT2D eigenvalue weighted by atomic mass is 10.1. The lowest BCUT2D eigenvalue weighted by molar-refractivity contribution is -0.0368. The molecule has 0 amide bonds. The monoisotopic (exact) mass is 368 g/mol. The van der Waals surface area contributed by atoms with Gasteiger partial charge in [-0.15, -0.1) is 0 Å². The number of rotatable bonds is 2. The fourth-order valence-corrected chi connectivity index (χ4v) is 3.59. The van der Waals surface area contributed by atoms with E-state index in [1.807, 2.05) is 0 Å². The molecule has 100 valence electrons. The van der Waals surface area contributed by atoms with Gasteiger partial charge in [-0.2, -0.15) is 5.10 Å². The number of hydrogen-bond acceptors (Lipinski definition) is 2. The summed E-state index contributed by atoms with van der Waals surface area (Å²) in [5.74, 6) is 0.800. The van der Waals surface area contributed by atoms with Crippen LogP contribution in [0.25, 0.3) is 10.9 Å². The van der Waals surface area contributed by atoms with Gasteiger partial charge in [0.05, 0.1) is 5.52 Å². The van der Waals surface area contributed by atoms with Crippen LogP contribution in [0, 0.1) is 3.70 Å². The molecule has 2 fully saturated rings. The Hall–Kier alpha value is -0.620. The van der Waals surface area contributed by atoms with E-state index in [2.05, 4.69) is 45.5 Å². The molecule has 0 radical (unpaired) electrons. The summed E-state index contributed by atoms with van der Waals surface area (Å²) in [6.07, 6.45) is 6.33. The van der Waals surface area contributed by atoms with E-state index in [0.717, 1.165) is 22.6 Å². The van der Waals surface area contributed by atoms with Gasteiger partial charge in [-0.05, 0) is 78.3 Å². The minimum Gasteiger partial charge on any atom is -0.356 e. The molecular weight excluding hydrogens is 351 g/mol. The van der Waals surface area contributed by atoms with Gasteiger partial charge in [0.15, 0.2) is 6.23 Å². The van der Waals surface area contributed by atoms with Crippen molar-refractivity contribution in [3.05, 3.63) is 27.5 Å². The van der Waals surface area contributed by atoms with Crippen LogP contribution in [0.15, 0.2) is 18.2 Å². The van der Waals surface area contributed by atoms with Crippen molar-refractivity contribution in [2.75, 3.05) is 6.61 Å². The van der Waals surface area contributed by atoms with Gasteiger partial charge in [-0.1, -0.05) is 6.07 Å². The highest BCUT2D eigenvalue weighted by atomic mass is 127. The summed E-state index contributed by atoms with van der Waals surface area (Å²) in [7, 11) is 0. The summed E-state index contributed by atoms with van der Waals surface area (Å²) in [6, 6.07) is 6.84. The van der Waals surface area contributed by atoms with Gasteiger partial charge in [0, 0.05) is 12.0 Å². The summed E-state index contributed by atoms with van der Waals surface area (Å²) in [5, 5.41) is 6.00. The van der Waals surface area contributed by atoms with Gasteiger partial charge in [0.25, 0.3) is 0 Å². The predicted octanol–water partition coefficient (Wildman–Crippen LogP) is 4.22. The molecule has 0 spiro atoms. The highest BCUT2D eigenvalue weighted by Gasteiger charge is 2.25. The molecule has 4 heteroatoms. The van der Waals surface area contributed by atoms with Gasteiger partial charge in [0.2, 0.25) is 0 Å². The van der Waals surface area contributed by atoms with Gasteiger partial charge in [0.1, 0.15) is 3.70 Å². The van der Waals surface area contributed by atoms with Gasteiger partial charge < -0.3 is 4.74 Å². The maximum Gasteiger partial charge on any atom is 0.150 e. The fourth-order valence-electron chi connectivity index (χ4n) is 2.93. The number of fused-ring (bicyclic) bond motifs is 1. The van der Waals surface area contributed by atoms with Crippen LogP contribution < -0.4 is 0 Å². The second-order valence-electron chi connectivity index (χ2n) is 5.61. The van der Waals surface area contributed by atoms with Crippen molar-refractivity contribution in [2.45, 2.75) is 44.2 Å². The molecule has 0 bridgehead atoms. The van der Waals surface area contributed by atoms with Crippen molar-refractivity contribution in [1.82, 2.24) is 9.78 Å². The standard InChI is InChI=1S/C15H17IN2O/c16-15-12-9-11(10-4-5-10)6-7-13(12)18(17-15)14-3-1-2-8-19-14/h6-7,9-10,14H,1-5,8H2. The third-order valence-corrected chi connectivity index (χ3v) is 4.96. The van der Waals surface area contributed by atoms with E-state index in [9.17, 15) is 0 Å². The molecule has 1 unspecified atom stereocenters. The van der Waals surface area contributed by atoms with Crippen molar-refractivity contribution in [3.8, 4) is 0 Å². The van der Waals surface area contributed by atoms with E-state index in [-0.39, 0.29) is 6.23 Å². The number of ether oxygens (including phenoxy) is 1. The Labute approximate surface area is 126 Å². The lowest BCUT2D eigenvalue weighted by Crippen LogP contribution is -2.19. The molecule has 0 N–H and O–H groups in total. The Balaban J connectivity index is 1.78. The molecule has 1 atom stereocenters. The molecule has 1 aliphatic carbocycles. The van der Waals surface area contributed by atoms with E-state index in [1.54, 1.807) is 0 Å². The number of halogens is 1. The van der Waals surface area contributed by atoms with E-state index in [0.29, 0.717) is 0 Å². The van der Waals surface area contributed by atoms with E-state index in [1.165, 1.54) is 42.1 Å². The Bertz CT molecular complexity index is 612. The van der Waals surface area contributed by atoms with Crippen LogP contribution in [0.5, 0.6) is 0 Å². The van der Waals surface area contributed by atoms with Crippen molar-refractivity contribution in [3.63, 3.8) is 0 Å². The maximum atomic E-state index is 5.87. The van der Waals surface area contributed by atoms with Crippen LogP contribution in [0.2, 0.25) is 0 Å². The quantitative estimate of drug-likeness (QED) is 0.743. The van der Waals surface area contributed by atoms with Crippen LogP contribution >= 0.6 is 22.6 Å². The Morgan fingerprint density at radius 2 is 2.11 bits per heavy atom. The Morgan fingerprint density at radius 3 is 2.84 bits per heavy atom. The second kappa shape index (κ2) is 4.74. The second-order valence-corrected chi connectivity index (χ2v) is 6.63. The zero-order valence-corrected chi connectivity index (χ0v) is 13.0. The van der Waals surface area contributed by atoms with E-state index >= 15 is 0 Å². The predicted molar refractivity (Wildman–Crippen MR) is 83.3 cm³/mol. The first-order valence-corrected chi connectivity index (χ1v) is 8.20. The normalized spacial score (nSPS) is 23.9. The van der Waals surface area contributed by atoms with Crippen LogP contribution in [-0.2, 0) is 4.74 Å². The number of hydrogen-bond donors (Lipinski definition) is 0. The summed E-state index contributed by atoms with van der Waals surface area (Å²) in [5.41, 5.74) is 2.70. The molecule has 4 rings (SSSR count). The molecule has 2 aliphatic rings. The van der Waals surface area contributed by atoms with Crippen molar-refractivity contribution < 1.29 is 4.74 Å². The van der Waals surface area contributed by atoms with Crippen molar-refractivity contribution >= 4 is 33.5 Å². The number of nitrogens with zero attached hydrogens (tertiary/aromatic N) is 2. The minimum atomic E-state index is 0.131. The SMILES string of the molecule is Ic1nn(C2CCCCO2)c2ccc(C3CC3)cc12. The average Bonchev–Trinajstić information content (AvgIpc) is 3.25. The van der Waals surface area contributed by atoms with Crippen LogP contribution in [0.4, 0.5) is 0 Å². The van der Waals surface area contributed by atoms with Crippen molar-refractivity contribution in [2.24, 2.45) is 0 Å². The first-order chi connectivity index (χ1) is 9.33. The Morgan fingerprint density at radius 1 is 1.21 bits per heavy atom. The van der Waals surface area contributed by atoms with Crippen LogP contribution in [0.1, 0.15) is 49.8 Å². The molecule has 3 nitrogen and oxygen atoms in total. The summed E-state index contributed by atoms with van der Waals surface area (Å²) in [6.45, 7) is 0.864. The fraction of sp³-hybridized carbons (Fsp3) is 0.533.